The fourth-order valence-electron chi connectivity index (χ4n) is 3.08. The lowest BCUT2D eigenvalue weighted by Crippen LogP contribution is -2.43. The van der Waals surface area contributed by atoms with Crippen LogP contribution in [0.5, 0.6) is 0 Å². The van der Waals surface area contributed by atoms with E-state index in [9.17, 15) is 4.79 Å². The highest BCUT2D eigenvalue weighted by atomic mass is 16.5. The maximum atomic E-state index is 12.4. The highest BCUT2D eigenvalue weighted by Crippen LogP contribution is 2.30. The van der Waals surface area contributed by atoms with Crippen molar-refractivity contribution in [3.8, 4) is 0 Å². The third-order valence-electron chi connectivity index (χ3n) is 4.34. The molecular formula is C16H22N2O2. The number of nitrogens with two attached hydrogens (primary N) is 1. The maximum absolute atomic E-state index is 12.4. The van der Waals surface area contributed by atoms with E-state index in [1.54, 1.807) is 0 Å². The first-order valence-corrected chi connectivity index (χ1v) is 7.47. The summed E-state index contributed by atoms with van der Waals surface area (Å²) in [5.41, 5.74) is 8.38. The second kappa shape index (κ2) is 5.94. The summed E-state index contributed by atoms with van der Waals surface area (Å²) in [6.45, 7) is 2.28. The minimum atomic E-state index is -0.0805. The van der Waals surface area contributed by atoms with Gasteiger partial charge in [-0.3, -0.25) is 4.79 Å². The van der Waals surface area contributed by atoms with Gasteiger partial charge in [0.2, 0.25) is 5.91 Å². The van der Waals surface area contributed by atoms with Crippen molar-refractivity contribution in [2.75, 3.05) is 19.7 Å². The van der Waals surface area contributed by atoms with Gasteiger partial charge in [0.05, 0.1) is 19.1 Å². The van der Waals surface area contributed by atoms with E-state index in [1.807, 2.05) is 11.0 Å². The van der Waals surface area contributed by atoms with Crippen LogP contribution in [0.4, 0.5) is 0 Å². The van der Waals surface area contributed by atoms with Crippen molar-refractivity contribution >= 4 is 5.91 Å². The number of piperidine rings is 1. The van der Waals surface area contributed by atoms with Crippen molar-refractivity contribution in [2.24, 2.45) is 5.73 Å². The quantitative estimate of drug-likeness (QED) is 0.892. The first-order chi connectivity index (χ1) is 9.74. The fraction of sp³-hybridized carbons (Fsp3) is 0.562. The summed E-state index contributed by atoms with van der Waals surface area (Å²) < 4.78 is 5.81. The van der Waals surface area contributed by atoms with Crippen LogP contribution >= 0.6 is 0 Å². The number of ether oxygens (including phenoxy) is 1. The first-order valence-electron chi connectivity index (χ1n) is 7.47. The molecule has 0 aliphatic carbocycles. The van der Waals surface area contributed by atoms with Crippen molar-refractivity contribution < 1.29 is 9.53 Å². The Morgan fingerprint density at radius 2 is 2.05 bits per heavy atom. The minimum Gasteiger partial charge on any atom is -0.373 e. The number of carbonyl (C=O) groups is 1. The number of likely N-dealkylation sites (tertiary alicyclic amines) is 1. The lowest BCUT2D eigenvalue weighted by atomic mass is 9.95. The molecule has 0 aromatic heterocycles. The summed E-state index contributed by atoms with van der Waals surface area (Å²) in [5, 5.41) is 0. The van der Waals surface area contributed by atoms with Gasteiger partial charge in [-0.15, -0.1) is 0 Å². The van der Waals surface area contributed by atoms with Gasteiger partial charge in [0.1, 0.15) is 0 Å². The Labute approximate surface area is 119 Å². The third kappa shape index (κ3) is 2.86. The van der Waals surface area contributed by atoms with Gasteiger partial charge in [0.15, 0.2) is 0 Å². The van der Waals surface area contributed by atoms with Crippen LogP contribution in [0.15, 0.2) is 24.3 Å². The largest absolute Gasteiger partial charge is 0.373 e. The highest BCUT2D eigenvalue weighted by Gasteiger charge is 2.27. The molecule has 2 heterocycles. The van der Waals surface area contributed by atoms with E-state index in [4.69, 9.17) is 10.5 Å². The van der Waals surface area contributed by atoms with E-state index in [0.29, 0.717) is 13.0 Å². The Bertz CT molecular complexity index is 481. The van der Waals surface area contributed by atoms with Gasteiger partial charge in [0.25, 0.3) is 0 Å². The zero-order valence-corrected chi connectivity index (χ0v) is 11.8. The molecule has 0 radical (unpaired) electrons. The molecule has 0 spiro atoms. The lowest BCUT2D eigenvalue weighted by molar-refractivity contribution is -0.135. The number of hydrogen-bond donors (Lipinski definition) is 1. The van der Waals surface area contributed by atoms with Crippen LogP contribution in [0.25, 0.3) is 0 Å². The standard InChI is InChI=1S/C16H22N2O2/c17-13-5-8-18(9-6-13)16(19)11-15-14-4-2-1-3-12(14)7-10-20-15/h1-4,13,15H,5-11,17H2. The van der Waals surface area contributed by atoms with Crippen LogP contribution in [-0.2, 0) is 16.0 Å². The third-order valence-corrected chi connectivity index (χ3v) is 4.34. The van der Waals surface area contributed by atoms with Gasteiger partial charge in [-0.05, 0) is 30.4 Å². The predicted molar refractivity (Wildman–Crippen MR) is 77.2 cm³/mol. The molecule has 2 aliphatic rings. The Morgan fingerprint density at radius 1 is 1.30 bits per heavy atom. The van der Waals surface area contributed by atoms with Crippen molar-refractivity contribution in [3.05, 3.63) is 35.4 Å². The predicted octanol–water partition coefficient (Wildman–Crippen LogP) is 1.64. The summed E-state index contributed by atoms with van der Waals surface area (Å²) in [4.78, 5) is 14.3. The molecule has 0 saturated carbocycles. The van der Waals surface area contributed by atoms with Crippen LogP contribution in [0, 0.1) is 0 Å². The molecule has 3 rings (SSSR count). The maximum Gasteiger partial charge on any atom is 0.225 e. The zero-order valence-electron chi connectivity index (χ0n) is 11.8. The summed E-state index contributed by atoms with van der Waals surface area (Å²) >= 11 is 0. The molecule has 4 nitrogen and oxygen atoms in total. The Kier molecular flexibility index (Phi) is 4.03. The van der Waals surface area contributed by atoms with E-state index in [2.05, 4.69) is 18.2 Å². The molecule has 2 N–H and O–H groups in total. The Morgan fingerprint density at radius 3 is 2.85 bits per heavy atom. The van der Waals surface area contributed by atoms with E-state index in [0.717, 1.165) is 32.4 Å². The second-order valence-corrected chi connectivity index (χ2v) is 5.73. The summed E-state index contributed by atoms with van der Waals surface area (Å²) in [6.07, 6.45) is 3.14. The van der Waals surface area contributed by atoms with Gasteiger partial charge in [-0.1, -0.05) is 24.3 Å². The van der Waals surface area contributed by atoms with E-state index in [-0.39, 0.29) is 18.1 Å². The molecule has 1 amide bonds. The van der Waals surface area contributed by atoms with Crippen LogP contribution in [0.2, 0.25) is 0 Å². The number of benzene rings is 1. The fourth-order valence-corrected chi connectivity index (χ4v) is 3.08. The van der Waals surface area contributed by atoms with Crippen LogP contribution < -0.4 is 5.73 Å². The van der Waals surface area contributed by atoms with Crippen LogP contribution in [0.3, 0.4) is 0 Å². The Balaban J connectivity index is 1.65. The highest BCUT2D eigenvalue weighted by molar-refractivity contribution is 5.77. The van der Waals surface area contributed by atoms with E-state index >= 15 is 0 Å². The second-order valence-electron chi connectivity index (χ2n) is 5.73. The number of nitrogens with zero attached hydrogens (tertiary/aromatic N) is 1. The monoisotopic (exact) mass is 274 g/mol. The van der Waals surface area contributed by atoms with Gasteiger partial charge in [-0.25, -0.2) is 0 Å². The average molecular weight is 274 g/mol. The molecule has 108 valence electrons. The minimum absolute atomic E-state index is 0.0805. The smallest absolute Gasteiger partial charge is 0.225 e. The van der Waals surface area contributed by atoms with Crippen molar-refractivity contribution in [2.45, 2.75) is 37.8 Å². The number of hydrogen-bond acceptors (Lipinski definition) is 3. The van der Waals surface area contributed by atoms with E-state index < -0.39 is 0 Å². The lowest BCUT2D eigenvalue weighted by Gasteiger charge is -2.32. The molecule has 1 fully saturated rings. The van der Waals surface area contributed by atoms with Crippen molar-refractivity contribution in [1.29, 1.82) is 0 Å². The molecular weight excluding hydrogens is 252 g/mol. The summed E-state index contributed by atoms with van der Waals surface area (Å²) in [7, 11) is 0. The van der Waals surface area contributed by atoms with Crippen LogP contribution in [0.1, 0.15) is 36.5 Å². The number of carbonyl (C=O) groups excluding carboxylic acids is 1. The molecule has 1 aromatic carbocycles. The summed E-state index contributed by atoms with van der Waals surface area (Å²) in [5.74, 6) is 0.193. The normalized spacial score (nSPS) is 23.4. The molecule has 1 aromatic rings. The number of amides is 1. The number of fused-ring (bicyclic) bond motifs is 1. The zero-order chi connectivity index (χ0) is 13.9. The van der Waals surface area contributed by atoms with Gasteiger partial charge in [-0.2, -0.15) is 0 Å². The average Bonchev–Trinajstić information content (AvgIpc) is 2.48. The molecule has 1 saturated heterocycles. The molecule has 20 heavy (non-hydrogen) atoms. The topological polar surface area (TPSA) is 55.6 Å². The van der Waals surface area contributed by atoms with Gasteiger partial charge < -0.3 is 15.4 Å². The van der Waals surface area contributed by atoms with Gasteiger partial charge in [0, 0.05) is 19.1 Å². The first kappa shape index (κ1) is 13.6. The Hall–Kier alpha value is -1.39. The molecule has 1 unspecified atom stereocenters. The SMILES string of the molecule is NC1CCN(C(=O)CC2OCCc3ccccc32)CC1. The van der Waals surface area contributed by atoms with Gasteiger partial charge >= 0.3 is 0 Å². The van der Waals surface area contributed by atoms with Crippen molar-refractivity contribution in [1.82, 2.24) is 4.90 Å². The molecule has 4 heteroatoms. The van der Waals surface area contributed by atoms with Crippen molar-refractivity contribution in [3.63, 3.8) is 0 Å². The van der Waals surface area contributed by atoms with E-state index in [1.165, 1.54) is 11.1 Å². The molecule has 0 bridgehead atoms. The summed E-state index contributed by atoms with van der Waals surface area (Å²) in [6, 6.07) is 8.54. The molecule has 2 aliphatic heterocycles. The van der Waals surface area contributed by atoms with Crippen LogP contribution in [-0.4, -0.2) is 36.5 Å². The number of rotatable bonds is 2. The molecule has 1 atom stereocenters.